The van der Waals surface area contributed by atoms with Gasteiger partial charge in [0.15, 0.2) is 0 Å². The van der Waals surface area contributed by atoms with Crippen LogP contribution in [0.25, 0.3) is 0 Å². The lowest BCUT2D eigenvalue weighted by Gasteiger charge is -2.25. The molecule has 0 saturated carbocycles. The van der Waals surface area contributed by atoms with E-state index in [-0.39, 0.29) is 17.3 Å². The number of amides is 1. The van der Waals surface area contributed by atoms with Crippen LogP contribution in [-0.2, 0) is 14.8 Å². The number of ether oxygens (including phenoxy) is 1. The number of benzene rings is 2. The molecular formula is C18H22N2O4S. The monoisotopic (exact) mass is 362 g/mol. The number of nitrogens with zero attached hydrogens (tertiary/aromatic N) is 1. The van der Waals surface area contributed by atoms with Crippen molar-refractivity contribution in [1.82, 2.24) is 0 Å². The first kappa shape index (κ1) is 18.8. The third kappa shape index (κ3) is 4.11. The van der Waals surface area contributed by atoms with Crippen molar-refractivity contribution in [2.24, 2.45) is 0 Å². The minimum Gasteiger partial charge on any atom is -0.495 e. The Morgan fingerprint density at radius 3 is 2.32 bits per heavy atom. The molecule has 0 atom stereocenters. The fourth-order valence-electron chi connectivity index (χ4n) is 2.51. The topological polar surface area (TPSA) is 75.7 Å². The highest BCUT2D eigenvalue weighted by atomic mass is 32.2. The number of hydrogen-bond acceptors (Lipinski definition) is 4. The van der Waals surface area contributed by atoms with Crippen LogP contribution in [0.1, 0.15) is 19.4 Å². The second-order valence-corrected chi connectivity index (χ2v) is 7.41. The standard InChI is InChI=1S/C18H22N2O4S/c1-5-20(17-12-13(2)6-11-18(17)24-4)25(22,23)16-9-7-15(8-10-16)19-14(3)21/h6-12H,5H2,1-4H3,(H,19,21). The van der Waals surface area contributed by atoms with Crippen molar-refractivity contribution < 1.29 is 17.9 Å². The molecule has 0 spiro atoms. The van der Waals surface area contributed by atoms with Crippen LogP contribution in [0.2, 0.25) is 0 Å². The highest BCUT2D eigenvalue weighted by molar-refractivity contribution is 7.92. The molecule has 2 rings (SSSR count). The first-order chi connectivity index (χ1) is 11.8. The molecule has 0 radical (unpaired) electrons. The van der Waals surface area contributed by atoms with Gasteiger partial charge in [-0.1, -0.05) is 6.07 Å². The van der Waals surface area contributed by atoms with Gasteiger partial charge in [-0.05, 0) is 55.8 Å². The number of hydrogen-bond donors (Lipinski definition) is 1. The van der Waals surface area contributed by atoms with Gasteiger partial charge >= 0.3 is 0 Å². The number of nitrogens with one attached hydrogen (secondary N) is 1. The molecule has 0 unspecified atom stereocenters. The van der Waals surface area contributed by atoms with Crippen molar-refractivity contribution >= 4 is 27.3 Å². The van der Waals surface area contributed by atoms with Gasteiger partial charge < -0.3 is 10.1 Å². The summed E-state index contributed by atoms with van der Waals surface area (Å²) < 4.78 is 32.8. The van der Waals surface area contributed by atoms with Gasteiger partial charge in [0, 0.05) is 19.2 Å². The van der Waals surface area contributed by atoms with Crippen molar-refractivity contribution in [3.8, 4) is 5.75 Å². The molecule has 7 heteroatoms. The predicted octanol–water partition coefficient (Wildman–Crippen LogP) is 3.18. The van der Waals surface area contributed by atoms with E-state index in [0.29, 0.717) is 17.1 Å². The third-order valence-electron chi connectivity index (χ3n) is 3.65. The van der Waals surface area contributed by atoms with E-state index in [1.54, 1.807) is 31.2 Å². The lowest BCUT2D eigenvalue weighted by atomic mass is 10.2. The summed E-state index contributed by atoms with van der Waals surface area (Å²) in [4.78, 5) is 11.2. The van der Waals surface area contributed by atoms with Gasteiger partial charge in [0.25, 0.3) is 10.0 Å². The Balaban J connectivity index is 2.45. The summed E-state index contributed by atoms with van der Waals surface area (Å²) in [6, 6.07) is 11.5. The van der Waals surface area contributed by atoms with E-state index < -0.39 is 10.0 Å². The Hall–Kier alpha value is -2.54. The number of rotatable bonds is 6. The summed E-state index contributed by atoms with van der Waals surface area (Å²) in [7, 11) is -2.25. The Bertz CT molecular complexity index is 861. The normalized spacial score (nSPS) is 11.0. The molecular weight excluding hydrogens is 340 g/mol. The fraction of sp³-hybridized carbons (Fsp3) is 0.278. The van der Waals surface area contributed by atoms with Crippen molar-refractivity contribution in [3.63, 3.8) is 0 Å². The molecule has 2 aromatic carbocycles. The predicted molar refractivity (Wildman–Crippen MR) is 98.7 cm³/mol. The Morgan fingerprint density at radius 1 is 1.16 bits per heavy atom. The minimum atomic E-state index is -3.76. The molecule has 0 aliphatic rings. The van der Waals surface area contributed by atoms with Crippen LogP contribution >= 0.6 is 0 Å². The second kappa shape index (κ2) is 7.57. The molecule has 0 aromatic heterocycles. The lowest BCUT2D eigenvalue weighted by molar-refractivity contribution is -0.114. The summed E-state index contributed by atoms with van der Waals surface area (Å²) >= 11 is 0. The molecule has 1 amide bonds. The van der Waals surface area contributed by atoms with Gasteiger partial charge in [0.1, 0.15) is 5.75 Å². The van der Waals surface area contributed by atoms with Gasteiger partial charge in [0.2, 0.25) is 5.91 Å². The van der Waals surface area contributed by atoms with Crippen LogP contribution in [0.3, 0.4) is 0 Å². The first-order valence-corrected chi connectivity index (χ1v) is 9.28. The first-order valence-electron chi connectivity index (χ1n) is 7.84. The Kier molecular flexibility index (Phi) is 5.69. The second-order valence-electron chi connectivity index (χ2n) is 5.55. The van der Waals surface area contributed by atoms with Crippen molar-refractivity contribution in [2.45, 2.75) is 25.7 Å². The molecule has 134 valence electrons. The van der Waals surface area contributed by atoms with E-state index in [1.807, 2.05) is 13.0 Å². The molecule has 6 nitrogen and oxygen atoms in total. The smallest absolute Gasteiger partial charge is 0.264 e. The summed E-state index contributed by atoms with van der Waals surface area (Å²) in [6.07, 6.45) is 0. The van der Waals surface area contributed by atoms with Crippen molar-refractivity contribution in [1.29, 1.82) is 0 Å². The number of aryl methyl sites for hydroxylation is 1. The van der Waals surface area contributed by atoms with Crippen LogP contribution in [0.5, 0.6) is 5.75 Å². The molecule has 0 saturated heterocycles. The highest BCUT2D eigenvalue weighted by Crippen LogP contribution is 2.33. The van der Waals surface area contributed by atoms with Crippen molar-refractivity contribution in [2.75, 3.05) is 23.3 Å². The van der Waals surface area contributed by atoms with Crippen LogP contribution in [-0.4, -0.2) is 28.0 Å². The maximum atomic E-state index is 13.1. The quantitative estimate of drug-likeness (QED) is 0.856. The maximum Gasteiger partial charge on any atom is 0.264 e. The van der Waals surface area contributed by atoms with E-state index in [1.165, 1.54) is 30.5 Å². The molecule has 0 aliphatic carbocycles. The Morgan fingerprint density at radius 2 is 1.80 bits per heavy atom. The highest BCUT2D eigenvalue weighted by Gasteiger charge is 2.26. The van der Waals surface area contributed by atoms with Gasteiger partial charge in [-0.3, -0.25) is 9.10 Å². The zero-order valence-electron chi connectivity index (χ0n) is 14.7. The summed E-state index contributed by atoms with van der Waals surface area (Å²) in [5.41, 5.74) is 1.98. The summed E-state index contributed by atoms with van der Waals surface area (Å²) in [6.45, 7) is 5.32. The molecule has 0 heterocycles. The average Bonchev–Trinajstić information content (AvgIpc) is 2.55. The summed E-state index contributed by atoms with van der Waals surface area (Å²) in [5, 5.41) is 2.62. The van der Waals surface area contributed by atoms with E-state index in [0.717, 1.165) is 5.56 Å². The molecule has 0 aliphatic heterocycles. The molecule has 0 fully saturated rings. The van der Waals surface area contributed by atoms with E-state index >= 15 is 0 Å². The number of sulfonamides is 1. The number of carbonyl (C=O) groups excluding carboxylic acids is 1. The van der Waals surface area contributed by atoms with Gasteiger partial charge in [0.05, 0.1) is 17.7 Å². The summed E-state index contributed by atoms with van der Waals surface area (Å²) in [5.74, 6) is 0.279. The largest absolute Gasteiger partial charge is 0.495 e. The zero-order valence-corrected chi connectivity index (χ0v) is 15.6. The Labute approximate surface area is 148 Å². The van der Waals surface area contributed by atoms with Crippen LogP contribution < -0.4 is 14.4 Å². The van der Waals surface area contributed by atoms with E-state index in [2.05, 4.69) is 5.32 Å². The van der Waals surface area contributed by atoms with E-state index in [9.17, 15) is 13.2 Å². The van der Waals surface area contributed by atoms with Crippen LogP contribution in [0.4, 0.5) is 11.4 Å². The third-order valence-corrected chi connectivity index (χ3v) is 5.56. The van der Waals surface area contributed by atoms with Crippen LogP contribution in [0.15, 0.2) is 47.4 Å². The minimum absolute atomic E-state index is 0.145. The molecule has 25 heavy (non-hydrogen) atoms. The fourth-order valence-corrected chi connectivity index (χ4v) is 3.98. The van der Waals surface area contributed by atoms with E-state index in [4.69, 9.17) is 4.74 Å². The van der Waals surface area contributed by atoms with Crippen LogP contribution in [0, 0.1) is 6.92 Å². The average molecular weight is 362 g/mol. The molecule has 0 bridgehead atoms. The number of carbonyl (C=O) groups is 1. The number of methoxy groups -OCH3 is 1. The maximum absolute atomic E-state index is 13.1. The van der Waals surface area contributed by atoms with Gasteiger partial charge in [-0.2, -0.15) is 0 Å². The van der Waals surface area contributed by atoms with Gasteiger partial charge in [-0.25, -0.2) is 8.42 Å². The lowest BCUT2D eigenvalue weighted by Crippen LogP contribution is -2.31. The van der Waals surface area contributed by atoms with Crippen molar-refractivity contribution in [3.05, 3.63) is 48.0 Å². The number of anilines is 2. The zero-order chi connectivity index (χ0) is 18.6. The SMILES string of the molecule is CCN(c1cc(C)ccc1OC)S(=O)(=O)c1ccc(NC(C)=O)cc1. The molecule has 1 N–H and O–H groups in total. The van der Waals surface area contributed by atoms with Gasteiger partial charge in [-0.15, -0.1) is 0 Å². The molecule has 2 aromatic rings.